The Balaban J connectivity index is 1.98. The summed E-state index contributed by atoms with van der Waals surface area (Å²) < 4.78 is 6.62. The number of rotatable bonds is 3. The summed E-state index contributed by atoms with van der Waals surface area (Å²) in [5.41, 5.74) is 1.40. The van der Waals surface area contributed by atoms with E-state index in [1.165, 1.54) is 0 Å². The van der Waals surface area contributed by atoms with E-state index in [4.69, 9.17) is 9.84 Å². The maximum Gasteiger partial charge on any atom is 0.322 e. The highest BCUT2D eigenvalue weighted by atomic mass is 79.9. The van der Waals surface area contributed by atoms with Crippen LogP contribution in [0.3, 0.4) is 0 Å². The molecular weight excluding hydrogens is 332 g/mol. The van der Waals surface area contributed by atoms with E-state index in [-0.39, 0.29) is 12.6 Å². The number of benzene rings is 2. The van der Waals surface area contributed by atoms with Gasteiger partial charge in [-0.25, -0.2) is 4.98 Å². The molecule has 21 heavy (non-hydrogen) atoms. The van der Waals surface area contributed by atoms with Gasteiger partial charge >= 0.3 is 6.01 Å². The molecule has 3 rings (SSSR count). The highest BCUT2D eigenvalue weighted by Crippen LogP contribution is 2.34. The predicted octanol–water partition coefficient (Wildman–Crippen LogP) is 3.99. The Morgan fingerprint density at radius 3 is 2.76 bits per heavy atom. The zero-order valence-electron chi connectivity index (χ0n) is 11.4. The van der Waals surface area contributed by atoms with Crippen LogP contribution in [0, 0.1) is 6.92 Å². The van der Waals surface area contributed by atoms with Crippen LogP contribution in [0.5, 0.6) is 11.8 Å². The maximum atomic E-state index is 9.13. The van der Waals surface area contributed by atoms with Crippen molar-refractivity contribution in [3.8, 4) is 11.8 Å². The lowest BCUT2D eigenvalue weighted by molar-refractivity contribution is 0.279. The van der Waals surface area contributed by atoms with E-state index >= 15 is 0 Å². The molecule has 0 saturated heterocycles. The van der Waals surface area contributed by atoms with E-state index in [0.29, 0.717) is 17.0 Å². The van der Waals surface area contributed by atoms with Crippen LogP contribution in [0.4, 0.5) is 0 Å². The summed E-state index contributed by atoms with van der Waals surface area (Å²) in [4.78, 5) is 8.36. The number of aliphatic hydroxyl groups is 1. The molecule has 0 amide bonds. The van der Waals surface area contributed by atoms with Crippen LogP contribution in [0.2, 0.25) is 0 Å². The topological polar surface area (TPSA) is 55.2 Å². The molecule has 1 N–H and O–H groups in total. The molecule has 4 nitrogen and oxygen atoms in total. The van der Waals surface area contributed by atoms with Crippen LogP contribution in [0.25, 0.3) is 10.8 Å². The van der Waals surface area contributed by atoms with Crippen LogP contribution in [-0.4, -0.2) is 15.1 Å². The Kier molecular flexibility index (Phi) is 3.86. The number of hydrogen-bond donors (Lipinski definition) is 1. The van der Waals surface area contributed by atoms with E-state index < -0.39 is 0 Å². The molecule has 0 atom stereocenters. The fraction of sp³-hybridized carbons (Fsp3) is 0.125. The number of aryl methyl sites for hydroxylation is 1. The third-order valence-corrected chi connectivity index (χ3v) is 4.08. The van der Waals surface area contributed by atoms with Crippen molar-refractivity contribution in [3.05, 3.63) is 58.3 Å². The van der Waals surface area contributed by atoms with Crippen LogP contribution >= 0.6 is 15.9 Å². The molecule has 0 aliphatic heterocycles. The number of hydrogen-bond acceptors (Lipinski definition) is 4. The Bertz CT molecular complexity index is 805. The first-order valence-corrected chi connectivity index (χ1v) is 7.27. The summed E-state index contributed by atoms with van der Waals surface area (Å²) in [6, 6.07) is 12.2. The largest absolute Gasteiger partial charge is 0.423 e. The molecule has 106 valence electrons. The zero-order chi connectivity index (χ0) is 14.8. The smallest absolute Gasteiger partial charge is 0.322 e. The summed E-state index contributed by atoms with van der Waals surface area (Å²) >= 11 is 3.57. The minimum atomic E-state index is -0.0776. The predicted molar refractivity (Wildman–Crippen MR) is 84.4 cm³/mol. The van der Waals surface area contributed by atoms with Crippen molar-refractivity contribution in [2.75, 3.05) is 0 Å². The third-order valence-electron chi connectivity index (χ3n) is 3.26. The number of nitrogens with zero attached hydrogens (tertiary/aromatic N) is 2. The molecule has 3 aromatic rings. The van der Waals surface area contributed by atoms with Crippen molar-refractivity contribution < 1.29 is 9.84 Å². The number of aliphatic hydroxyl groups excluding tert-OH is 1. The molecule has 0 fully saturated rings. The molecule has 0 aliphatic carbocycles. The quantitative estimate of drug-likeness (QED) is 0.780. The van der Waals surface area contributed by atoms with Gasteiger partial charge in [0.1, 0.15) is 5.75 Å². The second-order valence-corrected chi connectivity index (χ2v) is 5.42. The maximum absolute atomic E-state index is 9.13. The van der Waals surface area contributed by atoms with E-state index in [1.807, 2.05) is 43.3 Å². The van der Waals surface area contributed by atoms with Crippen molar-refractivity contribution in [2.45, 2.75) is 13.5 Å². The summed E-state index contributed by atoms with van der Waals surface area (Å²) in [6.07, 6.45) is 1.58. The van der Waals surface area contributed by atoms with E-state index in [1.54, 1.807) is 6.20 Å². The third kappa shape index (κ3) is 2.75. The van der Waals surface area contributed by atoms with Gasteiger partial charge in [0.2, 0.25) is 0 Å². The van der Waals surface area contributed by atoms with E-state index in [9.17, 15) is 0 Å². The number of ether oxygens (including phenoxy) is 1. The van der Waals surface area contributed by atoms with Gasteiger partial charge in [-0.2, -0.15) is 4.98 Å². The molecular formula is C16H13BrN2O2. The van der Waals surface area contributed by atoms with Gasteiger partial charge in [-0.3, -0.25) is 0 Å². The normalized spacial score (nSPS) is 10.8. The van der Waals surface area contributed by atoms with Gasteiger partial charge < -0.3 is 9.84 Å². The van der Waals surface area contributed by atoms with Crippen molar-refractivity contribution in [3.63, 3.8) is 0 Å². The first-order valence-electron chi connectivity index (χ1n) is 6.47. The highest BCUT2D eigenvalue weighted by Gasteiger charge is 2.09. The first-order chi connectivity index (χ1) is 10.2. The molecule has 1 aromatic heterocycles. The van der Waals surface area contributed by atoms with Gasteiger partial charge in [-0.1, -0.05) is 30.3 Å². The van der Waals surface area contributed by atoms with Crippen molar-refractivity contribution >= 4 is 26.7 Å². The second-order valence-electron chi connectivity index (χ2n) is 4.62. The SMILES string of the molecule is Cc1nc(Oc2ccc3ccccc3c2Br)ncc1CO. The Labute approximate surface area is 130 Å². The van der Waals surface area contributed by atoms with E-state index in [2.05, 4.69) is 25.9 Å². The van der Waals surface area contributed by atoms with Gasteiger partial charge in [-0.05, 0) is 39.7 Å². The summed E-state index contributed by atoms with van der Waals surface area (Å²) in [5, 5.41) is 11.3. The van der Waals surface area contributed by atoms with Crippen molar-refractivity contribution in [2.24, 2.45) is 0 Å². The average Bonchev–Trinajstić information content (AvgIpc) is 2.51. The minimum Gasteiger partial charge on any atom is -0.423 e. The van der Waals surface area contributed by atoms with Gasteiger partial charge in [-0.15, -0.1) is 0 Å². The van der Waals surface area contributed by atoms with Crippen molar-refractivity contribution in [1.82, 2.24) is 9.97 Å². The van der Waals surface area contributed by atoms with Crippen LogP contribution in [0.15, 0.2) is 47.1 Å². The lowest BCUT2D eigenvalue weighted by Crippen LogP contribution is -1.98. The zero-order valence-corrected chi connectivity index (χ0v) is 13.0. The molecule has 0 radical (unpaired) electrons. The molecule has 0 aliphatic rings. The van der Waals surface area contributed by atoms with Crippen LogP contribution in [-0.2, 0) is 6.61 Å². The molecule has 0 saturated carbocycles. The van der Waals surface area contributed by atoms with E-state index in [0.717, 1.165) is 15.2 Å². The van der Waals surface area contributed by atoms with Gasteiger partial charge in [0, 0.05) is 11.8 Å². The van der Waals surface area contributed by atoms with Gasteiger partial charge in [0.15, 0.2) is 0 Å². The van der Waals surface area contributed by atoms with Crippen LogP contribution in [0.1, 0.15) is 11.3 Å². The fourth-order valence-electron chi connectivity index (χ4n) is 2.07. The molecule has 2 aromatic carbocycles. The van der Waals surface area contributed by atoms with Gasteiger partial charge in [0.05, 0.1) is 16.8 Å². The minimum absolute atomic E-state index is 0.0776. The fourth-order valence-corrected chi connectivity index (χ4v) is 2.64. The molecule has 0 unspecified atom stereocenters. The molecule has 0 spiro atoms. The molecule has 1 heterocycles. The molecule has 0 bridgehead atoms. The lowest BCUT2D eigenvalue weighted by atomic mass is 10.1. The summed E-state index contributed by atoms with van der Waals surface area (Å²) in [6.45, 7) is 1.74. The number of fused-ring (bicyclic) bond motifs is 1. The average molecular weight is 345 g/mol. The first kappa shape index (κ1) is 14.0. The Morgan fingerprint density at radius 2 is 2.00 bits per heavy atom. The van der Waals surface area contributed by atoms with Crippen molar-refractivity contribution in [1.29, 1.82) is 0 Å². The number of aromatic nitrogens is 2. The second kappa shape index (κ2) is 5.79. The Morgan fingerprint density at radius 1 is 1.19 bits per heavy atom. The number of halogens is 1. The monoisotopic (exact) mass is 344 g/mol. The highest BCUT2D eigenvalue weighted by molar-refractivity contribution is 9.10. The van der Waals surface area contributed by atoms with Crippen LogP contribution < -0.4 is 4.74 Å². The summed E-state index contributed by atoms with van der Waals surface area (Å²) in [7, 11) is 0. The standard InChI is InChI=1S/C16H13BrN2O2/c1-10-12(9-20)8-18-16(19-10)21-14-7-6-11-4-2-3-5-13(11)15(14)17/h2-8,20H,9H2,1H3. The Hall–Kier alpha value is -1.98. The summed E-state index contributed by atoms with van der Waals surface area (Å²) in [5.74, 6) is 0.657. The lowest BCUT2D eigenvalue weighted by Gasteiger charge is -2.09. The van der Waals surface area contributed by atoms with Gasteiger partial charge in [0.25, 0.3) is 0 Å². The molecule has 5 heteroatoms.